The van der Waals surface area contributed by atoms with Crippen LogP contribution in [0.2, 0.25) is 0 Å². The average molecular weight is 311 g/mol. The molecule has 0 bridgehead atoms. The lowest BCUT2D eigenvalue weighted by molar-refractivity contribution is 0.261. The highest BCUT2D eigenvalue weighted by Crippen LogP contribution is 2.22. The van der Waals surface area contributed by atoms with Gasteiger partial charge in [-0.1, -0.05) is 0 Å². The van der Waals surface area contributed by atoms with Crippen LogP contribution in [-0.2, 0) is 10.2 Å². The van der Waals surface area contributed by atoms with Crippen LogP contribution in [-0.4, -0.2) is 48.4 Å². The molecule has 3 rings (SSSR count). The molecule has 1 unspecified atom stereocenters. The Hall–Kier alpha value is -1.25. The van der Waals surface area contributed by atoms with E-state index in [1.165, 1.54) is 29.5 Å². The zero-order chi connectivity index (χ0) is 14.7. The topological polar surface area (TPSA) is 87.2 Å². The fourth-order valence-electron chi connectivity index (χ4n) is 2.56. The smallest absolute Gasteiger partial charge is 0.303 e. The molecular weight excluding hydrogens is 290 g/mol. The van der Waals surface area contributed by atoms with Gasteiger partial charge in [0.1, 0.15) is 0 Å². The summed E-state index contributed by atoms with van der Waals surface area (Å²) < 4.78 is 28.7. The number of nitrogens with one attached hydrogen (secondary N) is 2. The Morgan fingerprint density at radius 3 is 2.71 bits per heavy atom. The van der Waals surface area contributed by atoms with E-state index in [1.807, 2.05) is 0 Å². The van der Waals surface area contributed by atoms with Gasteiger partial charge >= 0.3 is 10.2 Å². The van der Waals surface area contributed by atoms with Crippen molar-refractivity contribution >= 4 is 16.2 Å². The molecule has 0 spiro atoms. The first-order valence-corrected chi connectivity index (χ1v) is 8.86. The van der Waals surface area contributed by atoms with E-state index in [0.717, 1.165) is 19.4 Å². The third-order valence-corrected chi connectivity index (χ3v) is 5.33. The summed E-state index contributed by atoms with van der Waals surface area (Å²) in [5.74, 6) is 0.503. The summed E-state index contributed by atoms with van der Waals surface area (Å²) >= 11 is 0. The van der Waals surface area contributed by atoms with E-state index < -0.39 is 10.2 Å². The molecule has 2 N–H and O–H groups in total. The second kappa shape index (κ2) is 6.25. The van der Waals surface area contributed by atoms with Gasteiger partial charge in [0.05, 0.1) is 0 Å². The second-order valence-electron chi connectivity index (χ2n) is 5.73. The Labute approximate surface area is 125 Å². The van der Waals surface area contributed by atoms with Gasteiger partial charge in [-0.2, -0.15) is 12.7 Å². The zero-order valence-electron chi connectivity index (χ0n) is 11.9. The number of rotatable bonds is 6. The molecule has 21 heavy (non-hydrogen) atoms. The summed E-state index contributed by atoms with van der Waals surface area (Å²) in [5.41, 5.74) is 0. The number of anilines is 1. The van der Waals surface area contributed by atoms with Crippen molar-refractivity contribution in [2.24, 2.45) is 5.92 Å². The normalized spacial score (nSPS) is 23.9. The van der Waals surface area contributed by atoms with Gasteiger partial charge < -0.3 is 5.32 Å². The third kappa shape index (κ3) is 4.12. The molecule has 1 aliphatic heterocycles. The lowest BCUT2D eigenvalue weighted by atomic mass is 10.00. The highest BCUT2D eigenvalue weighted by Gasteiger charge is 2.30. The van der Waals surface area contributed by atoms with E-state index in [0.29, 0.717) is 25.0 Å². The van der Waals surface area contributed by atoms with Crippen molar-refractivity contribution < 1.29 is 8.42 Å². The molecule has 0 amide bonds. The molecular formula is C13H21N5O2S. The minimum absolute atomic E-state index is 0.121. The molecule has 0 radical (unpaired) electrons. The van der Waals surface area contributed by atoms with Crippen LogP contribution in [0.5, 0.6) is 0 Å². The Bertz CT molecular complexity index is 561. The Kier molecular flexibility index (Phi) is 4.37. The average Bonchev–Trinajstić information content (AvgIpc) is 3.30. The van der Waals surface area contributed by atoms with Crippen LogP contribution < -0.4 is 10.0 Å². The molecule has 2 heterocycles. The monoisotopic (exact) mass is 311 g/mol. The Balaban J connectivity index is 1.58. The molecule has 7 nitrogen and oxygen atoms in total. The van der Waals surface area contributed by atoms with Gasteiger partial charge in [-0.05, 0) is 44.2 Å². The number of hydrogen-bond acceptors (Lipinski definition) is 5. The molecule has 2 aliphatic rings. The van der Waals surface area contributed by atoms with Gasteiger partial charge in [0.25, 0.3) is 0 Å². The molecule has 1 aromatic heterocycles. The zero-order valence-corrected chi connectivity index (χ0v) is 12.7. The van der Waals surface area contributed by atoms with Gasteiger partial charge in [0.15, 0.2) is 0 Å². The molecule has 8 heteroatoms. The first-order chi connectivity index (χ1) is 10.1. The molecule has 1 atom stereocenters. The SMILES string of the molecule is O=S(=O)(Nc1ncccn1)N1CCCC(CNC2CC2)C1. The predicted molar refractivity (Wildman–Crippen MR) is 79.9 cm³/mol. The van der Waals surface area contributed by atoms with Crippen LogP contribution in [0.3, 0.4) is 0 Å². The molecule has 116 valence electrons. The number of piperidine rings is 1. The maximum atomic E-state index is 12.4. The molecule has 1 saturated heterocycles. The van der Waals surface area contributed by atoms with Crippen molar-refractivity contribution in [3.8, 4) is 0 Å². The fourth-order valence-corrected chi connectivity index (χ4v) is 3.81. The van der Waals surface area contributed by atoms with E-state index in [-0.39, 0.29) is 5.95 Å². The quantitative estimate of drug-likeness (QED) is 0.803. The lowest BCUT2D eigenvalue weighted by Gasteiger charge is -2.31. The summed E-state index contributed by atoms with van der Waals surface area (Å²) in [7, 11) is -3.56. The molecule has 1 aromatic rings. The lowest BCUT2D eigenvalue weighted by Crippen LogP contribution is -2.45. The van der Waals surface area contributed by atoms with Gasteiger partial charge in [0.2, 0.25) is 5.95 Å². The van der Waals surface area contributed by atoms with Crippen molar-refractivity contribution in [2.45, 2.75) is 31.7 Å². The van der Waals surface area contributed by atoms with E-state index in [1.54, 1.807) is 6.07 Å². The minimum atomic E-state index is -3.56. The van der Waals surface area contributed by atoms with Gasteiger partial charge in [-0.15, -0.1) is 0 Å². The Morgan fingerprint density at radius 2 is 2.00 bits per heavy atom. The van der Waals surface area contributed by atoms with Crippen molar-refractivity contribution in [3.05, 3.63) is 18.5 Å². The summed E-state index contributed by atoms with van der Waals surface area (Å²) in [5, 5.41) is 3.48. The standard InChI is InChI=1S/C13H21N5O2S/c19-21(20,17-13-14-6-2-7-15-13)18-8-1-3-11(10-18)9-16-12-4-5-12/h2,6-7,11-12,16H,1,3-5,8-10H2,(H,14,15,17). The fraction of sp³-hybridized carbons (Fsp3) is 0.692. The predicted octanol–water partition coefficient (Wildman–Crippen LogP) is 0.597. The van der Waals surface area contributed by atoms with Crippen molar-refractivity contribution in [2.75, 3.05) is 24.4 Å². The number of nitrogens with zero attached hydrogens (tertiary/aromatic N) is 3. The van der Waals surface area contributed by atoms with Crippen LogP contribution in [0.15, 0.2) is 18.5 Å². The molecule has 1 aliphatic carbocycles. The second-order valence-corrected chi connectivity index (χ2v) is 7.40. The number of hydrogen-bond donors (Lipinski definition) is 2. The molecule has 0 aromatic carbocycles. The van der Waals surface area contributed by atoms with Crippen LogP contribution in [0.25, 0.3) is 0 Å². The maximum absolute atomic E-state index is 12.4. The summed E-state index contributed by atoms with van der Waals surface area (Å²) in [4.78, 5) is 7.81. The summed E-state index contributed by atoms with van der Waals surface area (Å²) in [6, 6.07) is 2.31. The van der Waals surface area contributed by atoms with Crippen molar-refractivity contribution in [1.82, 2.24) is 19.6 Å². The van der Waals surface area contributed by atoms with E-state index in [2.05, 4.69) is 20.0 Å². The van der Waals surface area contributed by atoms with Gasteiger partial charge in [-0.25, -0.2) is 14.7 Å². The minimum Gasteiger partial charge on any atom is -0.314 e. The van der Waals surface area contributed by atoms with Gasteiger partial charge in [-0.3, -0.25) is 0 Å². The highest BCUT2D eigenvalue weighted by atomic mass is 32.2. The first-order valence-electron chi connectivity index (χ1n) is 7.42. The van der Waals surface area contributed by atoms with Crippen LogP contribution >= 0.6 is 0 Å². The van der Waals surface area contributed by atoms with E-state index in [4.69, 9.17) is 0 Å². The summed E-state index contributed by atoms with van der Waals surface area (Å²) in [6.45, 7) is 2.02. The van der Waals surface area contributed by atoms with Crippen LogP contribution in [0, 0.1) is 5.92 Å². The Morgan fingerprint density at radius 1 is 1.24 bits per heavy atom. The van der Waals surface area contributed by atoms with Crippen molar-refractivity contribution in [3.63, 3.8) is 0 Å². The van der Waals surface area contributed by atoms with Crippen LogP contribution in [0.1, 0.15) is 25.7 Å². The van der Waals surface area contributed by atoms with Crippen molar-refractivity contribution in [1.29, 1.82) is 0 Å². The maximum Gasteiger partial charge on any atom is 0.303 e. The first kappa shape index (κ1) is 14.7. The van der Waals surface area contributed by atoms with E-state index in [9.17, 15) is 8.42 Å². The van der Waals surface area contributed by atoms with E-state index >= 15 is 0 Å². The third-order valence-electron chi connectivity index (χ3n) is 3.88. The highest BCUT2D eigenvalue weighted by molar-refractivity contribution is 7.90. The van der Waals surface area contributed by atoms with Gasteiger partial charge in [0, 0.05) is 31.5 Å². The largest absolute Gasteiger partial charge is 0.314 e. The number of aromatic nitrogens is 2. The van der Waals surface area contributed by atoms with Crippen LogP contribution in [0.4, 0.5) is 5.95 Å². The molecule has 1 saturated carbocycles. The summed E-state index contributed by atoms with van der Waals surface area (Å²) in [6.07, 6.45) is 7.51. The molecule has 2 fully saturated rings.